The maximum Gasteiger partial charge on any atom is 0.342 e. The van der Waals surface area contributed by atoms with E-state index in [0.29, 0.717) is 11.4 Å². The highest BCUT2D eigenvalue weighted by Gasteiger charge is 2.22. The first kappa shape index (κ1) is 18.3. The minimum absolute atomic E-state index is 0.0638. The lowest BCUT2D eigenvalue weighted by molar-refractivity contribution is -0.123. The van der Waals surface area contributed by atoms with E-state index in [-0.39, 0.29) is 11.3 Å². The molecule has 132 valence electrons. The zero-order chi connectivity index (χ0) is 18.6. The molecule has 0 heterocycles. The van der Waals surface area contributed by atoms with E-state index in [0.717, 1.165) is 11.1 Å². The summed E-state index contributed by atoms with van der Waals surface area (Å²) in [5.74, 6) is -1.10. The summed E-state index contributed by atoms with van der Waals surface area (Å²) in [6, 6.07) is 9.87. The summed E-state index contributed by atoms with van der Waals surface area (Å²) < 4.78 is 10.2. The molecule has 0 aliphatic heterocycles. The number of nitrogens with one attached hydrogen (secondary N) is 1. The van der Waals surface area contributed by atoms with Crippen molar-refractivity contribution in [1.82, 2.24) is 0 Å². The van der Waals surface area contributed by atoms with Crippen LogP contribution in [-0.2, 0) is 9.53 Å². The quantitative estimate of drug-likeness (QED) is 0.815. The van der Waals surface area contributed by atoms with Gasteiger partial charge in [-0.2, -0.15) is 0 Å². The number of methoxy groups -OCH3 is 1. The lowest BCUT2D eigenvalue weighted by atomic mass is 10.1. The van der Waals surface area contributed by atoms with Crippen molar-refractivity contribution in [2.45, 2.75) is 26.9 Å². The van der Waals surface area contributed by atoms with E-state index >= 15 is 0 Å². The first-order chi connectivity index (χ1) is 11.8. The number of anilines is 1. The van der Waals surface area contributed by atoms with Gasteiger partial charge in [-0.25, -0.2) is 4.79 Å². The van der Waals surface area contributed by atoms with Gasteiger partial charge >= 0.3 is 5.97 Å². The van der Waals surface area contributed by atoms with Gasteiger partial charge in [0.25, 0.3) is 5.91 Å². The van der Waals surface area contributed by atoms with E-state index in [1.54, 1.807) is 0 Å². The fourth-order valence-corrected chi connectivity index (χ4v) is 2.32. The van der Waals surface area contributed by atoms with Crippen LogP contribution in [-0.4, -0.2) is 30.2 Å². The van der Waals surface area contributed by atoms with Crippen molar-refractivity contribution in [3.05, 3.63) is 53.1 Å². The van der Waals surface area contributed by atoms with Crippen molar-refractivity contribution in [3.63, 3.8) is 0 Å². The Labute approximate surface area is 146 Å². The zero-order valence-electron chi connectivity index (χ0n) is 14.6. The van der Waals surface area contributed by atoms with Crippen molar-refractivity contribution in [3.8, 4) is 11.5 Å². The normalized spacial score (nSPS) is 11.5. The number of carbonyl (C=O) groups excluding carboxylic acids is 2. The number of phenolic OH excluding ortho intramolecular Hbond substituents is 1. The summed E-state index contributed by atoms with van der Waals surface area (Å²) >= 11 is 0. The number of aromatic hydroxyl groups is 1. The molecule has 2 N–H and O–H groups in total. The standard InChI is InChI=1S/C19H21NO5/c1-11-6-5-7-12(2)17(11)20-18(22)13(3)25-19(23)15-10-14(24-4)8-9-16(15)21/h5-10,13,21H,1-4H3,(H,20,22). The topological polar surface area (TPSA) is 84.9 Å². The van der Waals surface area contributed by atoms with Gasteiger partial charge in [0.2, 0.25) is 0 Å². The number of hydrogen-bond acceptors (Lipinski definition) is 5. The van der Waals surface area contributed by atoms with Crippen LogP contribution in [0.4, 0.5) is 5.69 Å². The maximum absolute atomic E-state index is 12.3. The van der Waals surface area contributed by atoms with Gasteiger partial charge < -0.3 is 19.9 Å². The van der Waals surface area contributed by atoms with E-state index in [2.05, 4.69) is 5.32 Å². The molecule has 6 nitrogen and oxygen atoms in total. The summed E-state index contributed by atoms with van der Waals surface area (Å²) in [5.41, 5.74) is 2.46. The monoisotopic (exact) mass is 343 g/mol. The van der Waals surface area contributed by atoms with Gasteiger partial charge in [0.1, 0.15) is 17.1 Å². The smallest absolute Gasteiger partial charge is 0.342 e. The summed E-state index contributed by atoms with van der Waals surface area (Å²) in [7, 11) is 1.45. The number of amides is 1. The van der Waals surface area contributed by atoms with Crippen LogP contribution in [0.5, 0.6) is 11.5 Å². The molecule has 0 saturated carbocycles. The Hall–Kier alpha value is -3.02. The number of ether oxygens (including phenoxy) is 2. The number of benzene rings is 2. The zero-order valence-corrected chi connectivity index (χ0v) is 14.6. The Morgan fingerprint density at radius 2 is 1.76 bits per heavy atom. The molecule has 2 aromatic rings. The molecule has 1 atom stereocenters. The van der Waals surface area contributed by atoms with Gasteiger partial charge in [0, 0.05) is 5.69 Å². The number of hydrogen-bond donors (Lipinski definition) is 2. The second-order valence-electron chi connectivity index (χ2n) is 5.69. The average molecular weight is 343 g/mol. The first-order valence-electron chi connectivity index (χ1n) is 7.78. The number of rotatable bonds is 5. The summed E-state index contributed by atoms with van der Waals surface area (Å²) in [5, 5.41) is 12.6. The fraction of sp³-hybridized carbons (Fsp3) is 0.263. The maximum atomic E-state index is 12.3. The van der Waals surface area contributed by atoms with Crippen LogP contribution in [0.2, 0.25) is 0 Å². The van der Waals surface area contributed by atoms with Gasteiger partial charge in [-0.05, 0) is 50.1 Å². The van der Waals surface area contributed by atoms with Gasteiger partial charge in [0.15, 0.2) is 6.10 Å². The van der Waals surface area contributed by atoms with Crippen molar-refractivity contribution in [2.75, 3.05) is 12.4 Å². The molecular formula is C19H21NO5. The number of para-hydroxylation sites is 1. The van der Waals surface area contributed by atoms with Crippen LogP contribution in [0.15, 0.2) is 36.4 Å². The largest absolute Gasteiger partial charge is 0.507 e. The molecule has 6 heteroatoms. The number of esters is 1. The summed E-state index contributed by atoms with van der Waals surface area (Å²) in [6.45, 7) is 5.24. The van der Waals surface area contributed by atoms with Gasteiger partial charge in [-0.15, -0.1) is 0 Å². The van der Waals surface area contributed by atoms with Gasteiger partial charge in [-0.1, -0.05) is 18.2 Å². The minimum atomic E-state index is -1.03. The van der Waals surface area contributed by atoms with Crippen LogP contribution < -0.4 is 10.1 Å². The van der Waals surface area contributed by atoms with E-state index in [9.17, 15) is 14.7 Å². The summed E-state index contributed by atoms with van der Waals surface area (Å²) in [4.78, 5) is 24.5. The Kier molecular flexibility index (Phi) is 5.64. The van der Waals surface area contributed by atoms with E-state index in [1.165, 1.54) is 32.2 Å². The molecule has 0 aliphatic rings. The highest BCUT2D eigenvalue weighted by molar-refractivity contribution is 5.99. The van der Waals surface area contributed by atoms with E-state index < -0.39 is 18.0 Å². The highest BCUT2D eigenvalue weighted by Crippen LogP contribution is 2.24. The average Bonchev–Trinajstić information content (AvgIpc) is 2.58. The molecule has 0 radical (unpaired) electrons. The van der Waals surface area contributed by atoms with E-state index in [1.807, 2.05) is 32.0 Å². The van der Waals surface area contributed by atoms with Crippen LogP contribution in [0, 0.1) is 13.8 Å². The minimum Gasteiger partial charge on any atom is -0.507 e. The van der Waals surface area contributed by atoms with Crippen LogP contribution >= 0.6 is 0 Å². The lowest BCUT2D eigenvalue weighted by Crippen LogP contribution is -2.30. The molecule has 0 fully saturated rings. The van der Waals surface area contributed by atoms with Gasteiger partial charge in [-0.3, -0.25) is 4.79 Å². The third-order valence-electron chi connectivity index (χ3n) is 3.81. The molecular weight excluding hydrogens is 322 g/mol. The Morgan fingerprint density at radius 3 is 2.36 bits per heavy atom. The predicted molar refractivity (Wildman–Crippen MR) is 94.1 cm³/mol. The second-order valence-corrected chi connectivity index (χ2v) is 5.69. The number of aryl methyl sites for hydroxylation is 2. The Bertz CT molecular complexity index is 780. The summed E-state index contributed by atoms with van der Waals surface area (Å²) in [6.07, 6.45) is -1.03. The molecule has 0 aliphatic carbocycles. The molecule has 0 aromatic heterocycles. The Balaban J connectivity index is 2.10. The third-order valence-corrected chi connectivity index (χ3v) is 3.81. The van der Waals surface area contributed by atoms with Crippen LogP contribution in [0.3, 0.4) is 0 Å². The SMILES string of the molecule is COc1ccc(O)c(C(=O)OC(C)C(=O)Nc2c(C)cccc2C)c1. The second kappa shape index (κ2) is 7.70. The van der Waals surface area contributed by atoms with Crippen molar-refractivity contribution < 1.29 is 24.2 Å². The molecule has 0 spiro atoms. The number of carbonyl (C=O) groups is 2. The van der Waals surface area contributed by atoms with Crippen molar-refractivity contribution in [1.29, 1.82) is 0 Å². The fourth-order valence-electron chi connectivity index (χ4n) is 2.32. The predicted octanol–water partition coefficient (Wildman–Crippen LogP) is 3.20. The molecule has 0 bridgehead atoms. The molecule has 1 amide bonds. The van der Waals surface area contributed by atoms with Crippen molar-refractivity contribution >= 4 is 17.6 Å². The molecule has 0 saturated heterocycles. The van der Waals surface area contributed by atoms with Crippen LogP contribution in [0.25, 0.3) is 0 Å². The Morgan fingerprint density at radius 1 is 1.12 bits per heavy atom. The molecule has 25 heavy (non-hydrogen) atoms. The lowest BCUT2D eigenvalue weighted by Gasteiger charge is -2.16. The highest BCUT2D eigenvalue weighted by atomic mass is 16.5. The van der Waals surface area contributed by atoms with E-state index in [4.69, 9.17) is 9.47 Å². The van der Waals surface area contributed by atoms with Gasteiger partial charge in [0.05, 0.1) is 7.11 Å². The van der Waals surface area contributed by atoms with Crippen molar-refractivity contribution in [2.24, 2.45) is 0 Å². The molecule has 1 unspecified atom stereocenters. The molecule has 2 rings (SSSR count). The first-order valence-corrected chi connectivity index (χ1v) is 7.78. The molecule has 2 aromatic carbocycles. The third kappa shape index (κ3) is 4.29. The van der Waals surface area contributed by atoms with Crippen LogP contribution in [0.1, 0.15) is 28.4 Å². The number of phenols is 1.